The van der Waals surface area contributed by atoms with Gasteiger partial charge in [0.05, 0.1) is 20.8 Å². The van der Waals surface area contributed by atoms with E-state index in [-0.39, 0.29) is 34.5 Å². The van der Waals surface area contributed by atoms with Gasteiger partial charge in [0, 0.05) is 6.54 Å². The molecular formula is C23H21N4NaO3S2. The molecular weight excluding hydrogens is 467 g/mol. The van der Waals surface area contributed by atoms with Crippen LogP contribution in [0.15, 0.2) is 81.9 Å². The smallest absolute Gasteiger partial charge is 0.744 e. The van der Waals surface area contributed by atoms with Crippen LogP contribution < -0.4 is 34.9 Å². The summed E-state index contributed by atoms with van der Waals surface area (Å²) >= 11 is 1.50. The average Bonchev–Trinajstić information content (AvgIpc) is 3.19. The maximum Gasteiger partial charge on any atom is 1.00 e. The Morgan fingerprint density at radius 2 is 1.85 bits per heavy atom. The molecule has 1 heterocycles. The van der Waals surface area contributed by atoms with Gasteiger partial charge in [0.2, 0.25) is 5.13 Å². The number of azo groups is 1. The molecule has 0 radical (unpaired) electrons. The van der Waals surface area contributed by atoms with Crippen LogP contribution in [-0.2, 0) is 23.1 Å². The molecule has 1 aromatic heterocycles. The number of benzene rings is 3. The van der Waals surface area contributed by atoms with Crippen molar-refractivity contribution in [3.8, 4) is 0 Å². The molecule has 0 aliphatic heterocycles. The van der Waals surface area contributed by atoms with Crippen molar-refractivity contribution in [3.05, 3.63) is 83.4 Å². The predicted molar refractivity (Wildman–Crippen MR) is 125 cm³/mol. The first-order valence-corrected chi connectivity index (χ1v) is 12.2. The van der Waals surface area contributed by atoms with Gasteiger partial charge in [-0.1, -0.05) is 53.3 Å². The molecule has 10 heteroatoms. The summed E-state index contributed by atoms with van der Waals surface area (Å²) in [7, 11) is -4.45. The molecule has 0 spiro atoms. The van der Waals surface area contributed by atoms with Crippen LogP contribution in [0.25, 0.3) is 10.2 Å². The van der Waals surface area contributed by atoms with Crippen molar-refractivity contribution in [1.82, 2.24) is 10.3 Å². The van der Waals surface area contributed by atoms with Gasteiger partial charge in [-0.05, 0) is 61.3 Å². The van der Waals surface area contributed by atoms with Gasteiger partial charge < -0.3 is 9.87 Å². The Bertz CT molecular complexity index is 1350. The first kappa shape index (κ1) is 25.6. The minimum atomic E-state index is -4.45. The second-order valence-corrected chi connectivity index (χ2v) is 9.71. The summed E-state index contributed by atoms with van der Waals surface area (Å²) in [5, 5.41) is 12.7. The Balaban J connectivity index is 0.00000306. The summed E-state index contributed by atoms with van der Waals surface area (Å²) < 4.78 is 34.6. The van der Waals surface area contributed by atoms with Crippen molar-refractivity contribution in [1.29, 1.82) is 0 Å². The van der Waals surface area contributed by atoms with E-state index >= 15 is 0 Å². The number of hydrogen-bond donors (Lipinski definition) is 1. The van der Waals surface area contributed by atoms with Crippen molar-refractivity contribution in [2.24, 2.45) is 10.2 Å². The fourth-order valence-electron chi connectivity index (χ4n) is 3.28. The zero-order valence-corrected chi connectivity index (χ0v) is 22.0. The molecule has 4 rings (SSSR count). The molecule has 7 nitrogen and oxygen atoms in total. The minimum Gasteiger partial charge on any atom is -0.744 e. The zero-order valence-electron chi connectivity index (χ0n) is 18.4. The van der Waals surface area contributed by atoms with Crippen molar-refractivity contribution >= 4 is 42.5 Å². The van der Waals surface area contributed by atoms with Crippen LogP contribution in [0.4, 0.5) is 10.8 Å². The summed E-state index contributed by atoms with van der Waals surface area (Å²) in [4.78, 5) is 4.27. The van der Waals surface area contributed by atoms with Crippen molar-refractivity contribution in [3.63, 3.8) is 0 Å². The normalized spacial score (nSPS) is 11.7. The molecule has 0 aliphatic carbocycles. The van der Waals surface area contributed by atoms with Gasteiger partial charge >= 0.3 is 29.6 Å². The predicted octanol–water partition coefficient (Wildman–Crippen LogP) is 2.26. The molecule has 1 N–H and O–H groups in total. The summed E-state index contributed by atoms with van der Waals surface area (Å²) in [5.41, 5.74) is 4.62. The summed E-state index contributed by atoms with van der Waals surface area (Å²) in [6, 6.07) is 20.0. The fraction of sp³-hybridized carbons (Fsp3) is 0.174. The summed E-state index contributed by atoms with van der Waals surface area (Å²) in [5.74, 6) is 0. The van der Waals surface area contributed by atoms with E-state index in [9.17, 15) is 13.0 Å². The second-order valence-electron chi connectivity index (χ2n) is 7.32. The fourth-order valence-corrected chi connectivity index (χ4v) is 4.61. The summed E-state index contributed by atoms with van der Waals surface area (Å²) in [6.45, 7) is 3.14. The standard InChI is InChI=1S/C23H22N4O3S2.Na/c1-16-9-10-20(26-27-23-25-21-7-2-3-8-22(21)31-23)18(13-16)11-12-24-15-17-5-4-6-19(14-17)32(28,29)30;/h2-10,13-14,24H,11-12,15H2,1H3,(H,28,29,30);/q;+1/p-1. The maximum atomic E-state index is 11.2. The molecule has 0 saturated heterocycles. The molecule has 0 amide bonds. The maximum absolute atomic E-state index is 11.2. The first-order chi connectivity index (χ1) is 15.4. The number of hydrogen-bond acceptors (Lipinski definition) is 8. The van der Waals surface area contributed by atoms with E-state index in [2.05, 4.69) is 26.6 Å². The van der Waals surface area contributed by atoms with Crippen LogP contribution in [0.2, 0.25) is 0 Å². The minimum absolute atomic E-state index is 0. The number of para-hydroxylation sites is 1. The molecule has 164 valence electrons. The Labute approximate surface area is 219 Å². The van der Waals surface area contributed by atoms with Crippen molar-refractivity contribution in [2.75, 3.05) is 6.54 Å². The first-order valence-electron chi connectivity index (χ1n) is 10.0. The SMILES string of the molecule is Cc1ccc(N=Nc2nc3ccccc3s2)c(CCNCc2cccc(S(=O)(=O)[O-])c2)c1.[Na+]. The number of aryl methyl sites for hydroxylation is 1. The Hall–Kier alpha value is -1.98. The van der Waals surface area contributed by atoms with Gasteiger partial charge in [0.25, 0.3) is 0 Å². The van der Waals surface area contributed by atoms with E-state index in [0.29, 0.717) is 18.2 Å². The van der Waals surface area contributed by atoms with Crippen LogP contribution in [0.1, 0.15) is 16.7 Å². The van der Waals surface area contributed by atoms with E-state index in [1.54, 1.807) is 12.1 Å². The van der Waals surface area contributed by atoms with E-state index < -0.39 is 10.1 Å². The third-order valence-electron chi connectivity index (χ3n) is 4.85. The van der Waals surface area contributed by atoms with Gasteiger partial charge in [-0.3, -0.25) is 0 Å². The number of nitrogens with zero attached hydrogens (tertiary/aromatic N) is 3. The third kappa shape index (κ3) is 7.00. The Morgan fingerprint density at radius 1 is 1.03 bits per heavy atom. The number of thiazole rings is 1. The molecule has 0 saturated carbocycles. The zero-order chi connectivity index (χ0) is 22.6. The van der Waals surface area contributed by atoms with Crippen LogP contribution in [0, 0.1) is 6.92 Å². The molecule has 4 aromatic rings. The summed E-state index contributed by atoms with van der Waals surface area (Å²) in [6.07, 6.45) is 0.718. The van der Waals surface area contributed by atoms with Gasteiger partial charge in [-0.2, -0.15) is 0 Å². The molecule has 0 aliphatic rings. The Kier molecular flexibility index (Phi) is 8.88. The topological polar surface area (TPSA) is 107 Å². The number of aromatic nitrogens is 1. The number of rotatable bonds is 8. The van der Waals surface area contributed by atoms with Gasteiger partial charge in [-0.15, -0.1) is 10.2 Å². The van der Waals surface area contributed by atoms with E-state index in [1.165, 1.54) is 23.5 Å². The van der Waals surface area contributed by atoms with Crippen molar-refractivity contribution in [2.45, 2.75) is 24.8 Å². The molecule has 0 atom stereocenters. The Morgan fingerprint density at radius 3 is 2.64 bits per heavy atom. The molecule has 33 heavy (non-hydrogen) atoms. The molecule has 0 fully saturated rings. The number of fused-ring (bicyclic) bond motifs is 1. The van der Waals surface area contributed by atoms with E-state index in [0.717, 1.165) is 39.0 Å². The van der Waals surface area contributed by atoms with Crippen LogP contribution in [-0.4, -0.2) is 24.5 Å². The second kappa shape index (κ2) is 11.4. The van der Waals surface area contributed by atoms with Gasteiger partial charge in [0.1, 0.15) is 10.1 Å². The average molecular weight is 489 g/mol. The van der Waals surface area contributed by atoms with Crippen molar-refractivity contribution < 1.29 is 42.5 Å². The largest absolute Gasteiger partial charge is 1.00 e. The molecule has 0 bridgehead atoms. The monoisotopic (exact) mass is 488 g/mol. The quantitative estimate of drug-likeness (QED) is 0.177. The van der Waals surface area contributed by atoms with Gasteiger partial charge in [-0.25, -0.2) is 13.4 Å². The van der Waals surface area contributed by atoms with Crippen LogP contribution >= 0.6 is 11.3 Å². The van der Waals surface area contributed by atoms with Gasteiger partial charge in [0.15, 0.2) is 0 Å². The number of nitrogens with one attached hydrogen (secondary N) is 1. The van der Waals surface area contributed by atoms with Crippen LogP contribution in [0.3, 0.4) is 0 Å². The molecule has 3 aromatic carbocycles. The van der Waals surface area contributed by atoms with Crippen LogP contribution in [0.5, 0.6) is 0 Å². The van der Waals surface area contributed by atoms with E-state index in [4.69, 9.17) is 0 Å². The third-order valence-corrected chi connectivity index (χ3v) is 6.60. The van der Waals surface area contributed by atoms with E-state index in [1.807, 2.05) is 43.3 Å². The molecule has 0 unspecified atom stereocenters.